The lowest BCUT2D eigenvalue weighted by atomic mass is 10.3. The zero-order valence-corrected chi connectivity index (χ0v) is 18.2. The summed E-state index contributed by atoms with van der Waals surface area (Å²) >= 11 is 0. The fourth-order valence-corrected chi connectivity index (χ4v) is 2.76. The Bertz CT molecular complexity index is 502. The maximum Gasteiger partial charge on any atom is 0.243 e. The molecule has 0 atom stereocenters. The highest BCUT2D eigenvalue weighted by molar-refractivity contribution is 5.85. The summed E-state index contributed by atoms with van der Waals surface area (Å²) in [5, 5.41) is 6.28. The van der Waals surface area contributed by atoms with Crippen molar-refractivity contribution in [2.75, 3.05) is 73.1 Å². The van der Waals surface area contributed by atoms with Crippen molar-refractivity contribution in [2.24, 2.45) is 4.99 Å². The Kier molecular flexibility index (Phi) is 11.5. The molecule has 0 aromatic heterocycles. The van der Waals surface area contributed by atoms with Crippen LogP contribution in [0, 0.1) is 0 Å². The predicted molar refractivity (Wildman–Crippen MR) is 111 cm³/mol. The van der Waals surface area contributed by atoms with Crippen molar-refractivity contribution in [3.63, 3.8) is 0 Å². The van der Waals surface area contributed by atoms with Crippen LogP contribution in [0.4, 0.5) is 0 Å². The summed E-state index contributed by atoms with van der Waals surface area (Å²) in [6.07, 6.45) is 0.879. The minimum atomic E-state index is -0.0300. The number of aliphatic imine (C=N–C) groups is 1. The third-order valence-electron chi connectivity index (χ3n) is 4.30. The summed E-state index contributed by atoms with van der Waals surface area (Å²) in [6.45, 7) is 11.7. The van der Waals surface area contributed by atoms with E-state index in [2.05, 4.69) is 25.4 Å². The number of nitrogens with zero attached hydrogens (tertiary/aromatic N) is 4. The van der Waals surface area contributed by atoms with Gasteiger partial charge in [0.05, 0.1) is 6.54 Å². The maximum absolute atomic E-state index is 11.9. The molecule has 0 saturated carbocycles. The molecule has 0 spiro atoms. The lowest BCUT2D eigenvalue weighted by Crippen LogP contribution is -2.54. The lowest BCUT2D eigenvalue weighted by Gasteiger charge is -2.36. The maximum atomic E-state index is 11.9. The van der Waals surface area contributed by atoms with Crippen molar-refractivity contribution < 1.29 is 14.3 Å². The van der Waals surface area contributed by atoms with E-state index in [1.807, 2.05) is 20.8 Å². The van der Waals surface area contributed by atoms with Crippen LogP contribution in [-0.4, -0.2) is 112 Å². The molecule has 162 valence electrons. The van der Waals surface area contributed by atoms with Crippen molar-refractivity contribution in [3.05, 3.63) is 0 Å². The van der Waals surface area contributed by atoms with Crippen LogP contribution in [0.2, 0.25) is 0 Å². The summed E-state index contributed by atoms with van der Waals surface area (Å²) in [6, 6.07) is 0.155. The van der Waals surface area contributed by atoms with E-state index >= 15 is 0 Å². The van der Waals surface area contributed by atoms with Crippen molar-refractivity contribution >= 4 is 17.8 Å². The molecule has 1 rings (SSSR count). The van der Waals surface area contributed by atoms with Crippen molar-refractivity contribution in [3.8, 4) is 0 Å². The van der Waals surface area contributed by atoms with E-state index in [0.29, 0.717) is 19.8 Å². The number of likely N-dealkylation sites (N-methyl/N-ethyl adjacent to an activating group) is 1. The van der Waals surface area contributed by atoms with E-state index in [-0.39, 0.29) is 24.4 Å². The molecule has 9 nitrogen and oxygen atoms in total. The van der Waals surface area contributed by atoms with E-state index in [1.165, 1.54) is 0 Å². The van der Waals surface area contributed by atoms with Gasteiger partial charge in [0, 0.05) is 66.1 Å². The first kappa shape index (κ1) is 24.2. The summed E-state index contributed by atoms with van der Waals surface area (Å²) in [5.41, 5.74) is 0. The van der Waals surface area contributed by atoms with Crippen LogP contribution in [-0.2, 0) is 14.3 Å². The van der Waals surface area contributed by atoms with Gasteiger partial charge in [-0.05, 0) is 27.2 Å². The molecule has 1 saturated heterocycles. The molecular weight excluding hydrogens is 360 g/mol. The average molecular weight is 399 g/mol. The number of hydrogen-bond donors (Lipinski definition) is 2. The highest BCUT2D eigenvalue weighted by Crippen LogP contribution is 2.03. The molecule has 2 N–H and O–H groups in total. The van der Waals surface area contributed by atoms with E-state index in [9.17, 15) is 9.59 Å². The van der Waals surface area contributed by atoms with Gasteiger partial charge in [-0.25, -0.2) is 4.99 Å². The average Bonchev–Trinajstić information content (AvgIpc) is 2.63. The number of piperazine rings is 1. The van der Waals surface area contributed by atoms with E-state index < -0.39 is 0 Å². The Morgan fingerprint density at radius 2 is 1.86 bits per heavy atom. The highest BCUT2D eigenvalue weighted by Gasteiger charge is 2.21. The quantitative estimate of drug-likeness (QED) is 0.295. The first-order chi connectivity index (χ1) is 13.3. The van der Waals surface area contributed by atoms with E-state index in [4.69, 9.17) is 4.74 Å². The molecule has 1 aliphatic rings. The SMILES string of the molecule is CCOCCCNC(=NCC(=O)N(C)C)N1CCN(CC(=O)NC(C)C)CC1. The van der Waals surface area contributed by atoms with E-state index in [0.717, 1.165) is 45.1 Å². The molecule has 1 aliphatic heterocycles. The van der Waals surface area contributed by atoms with Gasteiger partial charge in [-0.2, -0.15) is 0 Å². The largest absolute Gasteiger partial charge is 0.382 e. The van der Waals surface area contributed by atoms with Crippen LogP contribution in [0.15, 0.2) is 4.99 Å². The van der Waals surface area contributed by atoms with Gasteiger partial charge in [-0.3, -0.25) is 14.5 Å². The van der Waals surface area contributed by atoms with Gasteiger partial charge in [0.15, 0.2) is 5.96 Å². The Balaban J connectivity index is 2.55. The Morgan fingerprint density at radius 3 is 2.43 bits per heavy atom. The topological polar surface area (TPSA) is 89.5 Å². The van der Waals surface area contributed by atoms with Crippen LogP contribution >= 0.6 is 0 Å². The Morgan fingerprint density at radius 1 is 1.18 bits per heavy atom. The third-order valence-corrected chi connectivity index (χ3v) is 4.30. The first-order valence-electron chi connectivity index (χ1n) is 10.2. The molecule has 0 aromatic carbocycles. The number of carbonyl (C=O) groups excluding carboxylic acids is 2. The van der Waals surface area contributed by atoms with Crippen LogP contribution in [0.1, 0.15) is 27.2 Å². The van der Waals surface area contributed by atoms with Crippen molar-refractivity contribution in [1.29, 1.82) is 0 Å². The van der Waals surface area contributed by atoms with Gasteiger partial charge in [0.1, 0.15) is 6.54 Å². The molecule has 0 aliphatic carbocycles. The Hall–Kier alpha value is -1.87. The molecular formula is C19H38N6O3. The molecule has 0 unspecified atom stereocenters. The zero-order chi connectivity index (χ0) is 20.9. The van der Waals surface area contributed by atoms with Crippen LogP contribution in [0.25, 0.3) is 0 Å². The monoisotopic (exact) mass is 398 g/mol. The molecule has 1 heterocycles. The van der Waals surface area contributed by atoms with Crippen LogP contribution in [0.3, 0.4) is 0 Å². The van der Waals surface area contributed by atoms with Gasteiger partial charge in [0.25, 0.3) is 0 Å². The fraction of sp³-hybridized carbons (Fsp3) is 0.842. The molecule has 28 heavy (non-hydrogen) atoms. The van der Waals surface area contributed by atoms with Crippen LogP contribution in [0.5, 0.6) is 0 Å². The summed E-state index contributed by atoms with van der Waals surface area (Å²) in [4.78, 5) is 34.2. The fourth-order valence-electron chi connectivity index (χ4n) is 2.76. The normalized spacial score (nSPS) is 15.6. The number of ether oxygens (including phenoxy) is 1. The van der Waals surface area contributed by atoms with Crippen LogP contribution < -0.4 is 10.6 Å². The summed E-state index contributed by atoms with van der Waals surface area (Å²) in [7, 11) is 3.46. The number of carbonyl (C=O) groups is 2. The van der Waals surface area contributed by atoms with Crippen molar-refractivity contribution in [1.82, 2.24) is 25.3 Å². The van der Waals surface area contributed by atoms with Gasteiger partial charge in [-0.1, -0.05) is 0 Å². The zero-order valence-electron chi connectivity index (χ0n) is 18.2. The molecule has 0 aromatic rings. The predicted octanol–water partition coefficient (Wildman–Crippen LogP) is -0.411. The summed E-state index contributed by atoms with van der Waals surface area (Å²) in [5.74, 6) is 0.776. The standard InChI is InChI=1S/C19H38N6O3/c1-6-28-13-7-8-20-19(21-14-18(27)23(4)5)25-11-9-24(10-12-25)15-17(26)22-16(2)3/h16H,6-15H2,1-5H3,(H,20,21)(H,22,26). The minimum absolute atomic E-state index is 0.0300. The summed E-state index contributed by atoms with van der Waals surface area (Å²) < 4.78 is 5.37. The second kappa shape index (κ2) is 13.3. The number of guanidine groups is 1. The Labute approximate surface area is 169 Å². The second-order valence-corrected chi connectivity index (χ2v) is 7.39. The second-order valence-electron chi connectivity index (χ2n) is 7.39. The van der Waals surface area contributed by atoms with Gasteiger partial charge < -0.3 is 25.2 Å². The number of rotatable bonds is 10. The molecule has 0 radical (unpaired) electrons. The van der Waals surface area contributed by atoms with E-state index in [1.54, 1.807) is 19.0 Å². The highest BCUT2D eigenvalue weighted by atomic mass is 16.5. The molecule has 1 fully saturated rings. The minimum Gasteiger partial charge on any atom is -0.382 e. The third kappa shape index (κ3) is 9.89. The smallest absolute Gasteiger partial charge is 0.243 e. The number of hydrogen-bond acceptors (Lipinski definition) is 5. The molecule has 0 bridgehead atoms. The van der Waals surface area contributed by atoms with Gasteiger partial charge in [-0.15, -0.1) is 0 Å². The van der Waals surface area contributed by atoms with Gasteiger partial charge >= 0.3 is 0 Å². The number of nitrogens with one attached hydrogen (secondary N) is 2. The molecule has 9 heteroatoms. The first-order valence-corrected chi connectivity index (χ1v) is 10.2. The lowest BCUT2D eigenvalue weighted by molar-refractivity contribution is -0.127. The number of amides is 2. The molecule has 2 amide bonds. The van der Waals surface area contributed by atoms with Crippen molar-refractivity contribution in [2.45, 2.75) is 33.2 Å². The van der Waals surface area contributed by atoms with Gasteiger partial charge in [0.2, 0.25) is 11.8 Å².